The van der Waals surface area contributed by atoms with E-state index in [1.54, 1.807) is 0 Å². The summed E-state index contributed by atoms with van der Waals surface area (Å²) in [7, 11) is 0. The lowest BCUT2D eigenvalue weighted by atomic mass is 9.49. The summed E-state index contributed by atoms with van der Waals surface area (Å²) < 4.78 is 12.2. The minimum atomic E-state index is -1.05. The van der Waals surface area contributed by atoms with Gasteiger partial charge in [-0.2, -0.15) is 0 Å². The average Bonchev–Trinajstić information content (AvgIpc) is 3.30. The standard InChI is InChI=1S/C34H49NO5/c1-3-5-6-7-8-9-10-11-12-13-14-15-16-29(37)39-27-18-17-25-24-28-34(38)20-19-26(36)32-33(34,30(25)31(27)40-32)21-23-35(28)22-4-2/h4,17-18,28,32,38H,2-3,5-16,19-24H2,1H3/t28-,32+,33-,34-/m1/s1. The number of unbranched alkanes of at least 4 members (excludes halogenated alkanes) is 11. The molecule has 1 saturated heterocycles. The molecule has 0 unspecified atom stereocenters. The number of hydrogen-bond acceptors (Lipinski definition) is 6. The second-order valence-electron chi connectivity index (χ2n) is 12.7. The third-order valence-electron chi connectivity index (χ3n) is 10.2. The van der Waals surface area contributed by atoms with Crippen molar-refractivity contribution in [2.45, 2.75) is 139 Å². The highest BCUT2D eigenvalue weighted by atomic mass is 16.6. The number of carbonyl (C=O) groups is 2. The van der Waals surface area contributed by atoms with Crippen LogP contribution in [0.25, 0.3) is 0 Å². The smallest absolute Gasteiger partial charge is 0.311 e. The topological polar surface area (TPSA) is 76.1 Å². The number of likely N-dealkylation sites (tertiary alicyclic amines) is 1. The number of ether oxygens (including phenoxy) is 2. The van der Waals surface area contributed by atoms with Crippen LogP contribution >= 0.6 is 0 Å². The molecule has 2 fully saturated rings. The first-order valence-electron chi connectivity index (χ1n) is 16.1. The molecule has 5 rings (SSSR count). The number of ketones is 1. The van der Waals surface area contributed by atoms with E-state index in [0.29, 0.717) is 50.1 Å². The molecule has 6 nitrogen and oxygen atoms in total. The third-order valence-corrected chi connectivity index (χ3v) is 10.2. The highest BCUT2D eigenvalue weighted by Crippen LogP contribution is 2.64. The van der Waals surface area contributed by atoms with E-state index in [9.17, 15) is 14.7 Å². The molecule has 0 amide bonds. The van der Waals surface area contributed by atoms with E-state index >= 15 is 0 Å². The quantitative estimate of drug-likeness (QED) is 0.108. The Morgan fingerprint density at radius 2 is 1.75 bits per heavy atom. The van der Waals surface area contributed by atoms with Crippen molar-refractivity contribution in [2.75, 3.05) is 13.1 Å². The van der Waals surface area contributed by atoms with Gasteiger partial charge in [-0.3, -0.25) is 14.5 Å². The van der Waals surface area contributed by atoms with Crippen LogP contribution in [0.5, 0.6) is 11.5 Å². The maximum Gasteiger partial charge on any atom is 0.311 e. The van der Waals surface area contributed by atoms with E-state index < -0.39 is 17.1 Å². The molecule has 1 aromatic carbocycles. The Balaban J connectivity index is 1.16. The van der Waals surface area contributed by atoms with Gasteiger partial charge in [0.25, 0.3) is 0 Å². The molecule has 0 radical (unpaired) electrons. The zero-order valence-electron chi connectivity index (χ0n) is 24.6. The molecule has 2 aliphatic heterocycles. The van der Waals surface area contributed by atoms with Crippen LogP contribution in [-0.2, 0) is 21.4 Å². The van der Waals surface area contributed by atoms with E-state index in [4.69, 9.17) is 9.47 Å². The number of piperidine rings is 1. The Morgan fingerprint density at radius 1 is 1.07 bits per heavy atom. The molecule has 40 heavy (non-hydrogen) atoms. The van der Waals surface area contributed by atoms with Crippen LogP contribution in [-0.4, -0.2) is 52.6 Å². The molecule has 4 aliphatic rings. The largest absolute Gasteiger partial charge is 0.477 e. The fourth-order valence-corrected chi connectivity index (χ4v) is 8.15. The van der Waals surface area contributed by atoms with Crippen LogP contribution in [0.15, 0.2) is 24.8 Å². The van der Waals surface area contributed by atoms with Gasteiger partial charge in [-0.25, -0.2) is 0 Å². The molecule has 1 spiro atoms. The van der Waals surface area contributed by atoms with E-state index in [0.717, 1.165) is 36.9 Å². The van der Waals surface area contributed by atoms with Gasteiger partial charge in [-0.05, 0) is 37.3 Å². The fourth-order valence-electron chi connectivity index (χ4n) is 8.15. The first-order valence-corrected chi connectivity index (χ1v) is 16.1. The number of rotatable bonds is 16. The van der Waals surface area contributed by atoms with Crippen molar-refractivity contribution >= 4 is 11.8 Å². The number of carbonyl (C=O) groups excluding carboxylic acids is 2. The molecule has 4 atom stereocenters. The Kier molecular flexibility index (Phi) is 9.36. The number of nitrogens with zero attached hydrogens (tertiary/aromatic N) is 1. The van der Waals surface area contributed by atoms with Gasteiger partial charge in [0.2, 0.25) is 0 Å². The zero-order valence-corrected chi connectivity index (χ0v) is 24.6. The minimum Gasteiger partial charge on any atom is -0.477 e. The van der Waals surface area contributed by atoms with Crippen molar-refractivity contribution in [1.29, 1.82) is 0 Å². The molecule has 1 aromatic rings. The first-order chi connectivity index (χ1) is 19.5. The summed E-state index contributed by atoms with van der Waals surface area (Å²) in [5.74, 6) is 0.692. The molecule has 1 saturated carbocycles. The first kappa shape index (κ1) is 29.3. The van der Waals surface area contributed by atoms with Gasteiger partial charge in [0.1, 0.15) is 0 Å². The van der Waals surface area contributed by atoms with E-state index in [-0.39, 0.29) is 17.8 Å². The summed E-state index contributed by atoms with van der Waals surface area (Å²) >= 11 is 0. The molecule has 220 valence electrons. The Morgan fingerprint density at radius 3 is 2.42 bits per heavy atom. The van der Waals surface area contributed by atoms with Crippen LogP contribution in [0.3, 0.4) is 0 Å². The lowest BCUT2D eigenvalue weighted by Crippen LogP contribution is -2.76. The van der Waals surface area contributed by atoms with Gasteiger partial charge in [-0.1, -0.05) is 89.7 Å². The maximum absolute atomic E-state index is 13.2. The van der Waals surface area contributed by atoms with Gasteiger partial charge in [0.15, 0.2) is 23.4 Å². The second kappa shape index (κ2) is 12.8. The molecule has 1 N–H and O–H groups in total. The van der Waals surface area contributed by atoms with Crippen molar-refractivity contribution in [1.82, 2.24) is 4.90 Å². The van der Waals surface area contributed by atoms with Crippen molar-refractivity contribution in [2.24, 2.45) is 0 Å². The third kappa shape index (κ3) is 5.27. The predicted molar refractivity (Wildman–Crippen MR) is 157 cm³/mol. The summed E-state index contributed by atoms with van der Waals surface area (Å²) in [5, 5.41) is 12.3. The highest BCUT2D eigenvalue weighted by molar-refractivity contribution is 5.90. The molecule has 2 aliphatic carbocycles. The van der Waals surface area contributed by atoms with Crippen LogP contribution in [0, 0.1) is 0 Å². The monoisotopic (exact) mass is 551 g/mol. The molecule has 2 bridgehead atoms. The summed E-state index contributed by atoms with van der Waals surface area (Å²) in [4.78, 5) is 28.3. The minimum absolute atomic E-state index is 0.0402. The van der Waals surface area contributed by atoms with Gasteiger partial charge in [0.05, 0.1) is 11.0 Å². The van der Waals surface area contributed by atoms with Crippen molar-refractivity contribution in [3.63, 3.8) is 0 Å². The van der Waals surface area contributed by atoms with Crippen LogP contribution in [0.1, 0.15) is 121 Å². The summed E-state index contributed by atoms with van der Waals surface area (Å²) in [5.41, 5.74) is 0.184. The Hall–Kier alpha value is -2.18. The van der Waals surface area contributed by atoms with Crippen LogP contribution in [0.2, 0.25) is 0 Å². The highest BCUT2D eigenvalue weighted by Gasteiger charge is 2.73. The molecular weight excluding hydrogens is 502 g/mol. The second-order valence-corrected chi connectivity index (χ2v) is 12.7. The van der Waals surface area contributed by atoms with Crippen LogP contribution < -0.4 is 9.47 Å². The molecular formula is C34H49NO5. The molecule has 2 heterocycles. The molecule has 0 aromatic heterocycles. The van der Waals surface area contributed by atoms with Gasteiger partial charge >= 0.3 is 5.97 Å². The summed E-state index contributed by atoms with van der Waals surface area (Å²) in [6, 6.07) is 3.75. The summed E-state index contributed by atoms with van der Waals surface area (Å²) in [6.45, 7) is 7.65. The maximum atomic E-state index is 13.2. The van der Waals surface area contributed by atoms with Crippen LogP contribution in [0.4, 0.5) is 0 Å². The lowest BCUT2D eigenvalue weighted by molar-refractivity contribution is -0.187. The summed E-state index contributed by atoms with van der Waals surface area (Å²) in [6.07, 6.45) is 18.6. The van der Waals surface area contributed by atoms with Gasteiger partial charge in [-0.15, -0.1) is 6.58 Å². The predicted octanol–water partition coefficient (Wildman–Crippen LogP) is 6.59. The van der Waals surface area contributed by atoms with E-state index in [1.165, 1.54) is 57.8 Å². The lowest BCUT2D eigenvalue weighted by Gasteiger charge is -2.62. The number of aliphatic hydroxyl groups is 1. The number of hydrogen-bond donors (Lipinski definition) is 1. The number of esters is 1. The van der Waals surface area contributed by atoms with Gasteiger partial charge in [0, 0.05) is 37.5 Å². The normalized spacial score (nSPS) is 28.2. The molecule has 6 heteroatoms. The van der Waals surface area contributed by atoms with Crippen molar-refractivity contribution in [3.05, 3.63) is 35.9 Å². The SMILES string of the molecule is C=CCN1CC[C@@]23c4c5ccc(OC(=O)CCCCCCCCCCCCCC)c4O[C@H]2C(=O)CC[C@@]3(O)[C@H]1C5. The number of Topliss-reactive ketones (excluding diaryl/α,β-unsaturated/α-hetero) is 1. The fraction of sp³-hybridized carbons (Fsp3) is 0.706. The Bertz CT molecular complexity index is 1080. The van der Waals surface area contributed by atoms with E-state index in [1.807, 2.05) is 18.2 Å². The van der Waals surface area contributed by atoms with Crippen molar-refractivity contribution in [3.8, 4) is 11.5 Å². The van der Waals surface area contributed by atoms with E-state index in [2.05, 4.69) is 18.4 Å². The Labute approximate surface area is 240 Å². The zero-order chi connectivity index (χ0) is 28.2. The average molecular weight is 552 g/mol. The van der Waals surface area contributed by atoms with Crippen molar-refractivity contribution < 1.29 is 24.2 Å². The van der Waals surface area contributed by atoms with Gasteiger partial charge < -0.3 is 14.6 Å². The number of benzene rings is 1.